The molecular weight excluding hydrogens is 1110 g/mol. The average molecular weight is 1190 g/mol. The van der Waals surface area contributed by atoms with Gasteiger partial charge in [-0.2, -0.15) is 0 Å². The van der Waals surface area contributed by atoms with Crippen LogP contribution in [0.3, 0.4) is 0 Å². The normalized spacial score (nSPS) is 12.0. The minimum atomic E-state index is -2.02. The van der Waals surface area contributed by atoms with Gasteiger partial charge in [0.1, 0.15) is 23.0 Å². The first-order valence-electron chi connectivity index (χ1n) is 29.2. The molecule has 0 aliphatic carbocycles. The lowest BCUT2D eigenvalue weighted by molar-refractivity contribution is 0.149. The standard InChI is InChI=1S/C72H80O12Si2/c1-70(2,53-23-15-13-16-24-53)55-29-37-59(38-30-55)78-67(73)79-60-39-33-57(34-40-60)72(5,6)58-35-43-62(44-36-58)81-69(75)83-64-46-28-52(50-66(64)77-8)22-20-48-86(11,12)84-85(9,10)47-19-21-51-27-45-63(65(49-51)76-7)82-68(74)80-61-41-31-56(32-42-61)71(3,4)54-25-17-14-18-26-54/h13-18,23-46,49-50H,19-22,47-48H2,1-12H3. The Balaban J connectivity index is 0.742. The fourth-order valence-electron chi connectivity index (χ4n) is 10.8. The Hall–Kier alpha value is -8.44. The van der Waals surface area contributed by atoms with E-state index < -0.39 is 40.5 Å². The summed E-state index contributed by atoms with van der Waals surface area (Å²) in [6.07, 6.45) is 0.956. The molecule has 0 aromatic heterocycles. The molecule has 0 fully saturated rings. The van der Waals surface area contributed by atoms with E-state index in [0.29, 0.717) is 34.5 Å². The monoisotopic (exact) mass is 1190 g/mol. The second-order valence-electron chi connectivity index (χ2n) is 24.4. The number of methoxy groups -OCH3 is 2. The predicted molar refractivity (Wildman–Crippen MR) is 343 cm³/mol. The number of hydrogen-bond donors (Lipinski definition) is 0. The number of ether oxygens (including phenoxy) is 8. The van der Waals surface area contributed by atoms with Crippen LogP contribution in [0, 0.1) is 0 Å². The van der Waals surface area contributed by atoms with E-state index in [1.165, 1.54) is 11.1 Å². The maximum atomic E-state index is 13.1. The first kappa shape index (κ1) is 63.6. The minimum Gasteiger partial charge on any atom is -0.493 e. The molecule has 0 N–H and O–H groups in total. The molecule has 12 nitrogen and oxygen atoms in total. The summed E-state index contributed by atoms with van der Waals surface area (Å²) >= 11 is 0. The third-order valence-corrected chi connectivity index (χ3v) is 23.5. The number of hydrogen-bond acceptors (Lipinski definition) is 12. The van der Waals surface area contributed by atoms with Gasteiger partial charge in [-0.25, -0.2) is 14.4 Å². The van der Waals surface area contributed by atoms with Gasteiger partial charge in [-0.1, -0.05) is 163 Å². The Labute approximate surface area is 509 Å². The highest BCUT2D eigenvalue weighted by molar-refractivity contribution is 6.84. The molecule has 0 saturated carbocycles. The topological polar surface area (TPSA) is 134 Å². The van der Waals surface area contributed by atoms with E-state index in [1.807, 2.05) is 109 Å². The highest BCUT2D eigenvalue weighted by atomic mass is 28.4. The van der Waals surface area contributed by atoms with Gasteiger partial charge in [-0.05, 0) is 181 Å². The Morgan fingerprint density at radius 2 is 0.605 bits per heavy atom. The van der Waals surface area contributed by atoms with Gasteiger partial charge in [0.05, 0.1) is 14.2 Å². The highest BCUT2D eigenvalue weighted by Gasteiger charge is 2.33. The molecule has 0 amide bonds. The van der Waals surface area contributed by atoms with Gasteiger partial charge in [0, 0.05) is 16.2 Å². The molecule has 8 aromatic rings. The van der Waals surface area contributed by atoms with Crippen molar-refractivity contribution in [3.05, 3.63) is 239 Å². The fraction of sp³-hybridized carbons (Fsp3) is 0.292. The molecule has 0 bridgehead atoms. The van der Waals surface area contributed by atoms with Crippen molar-refractivity contribution in [3.63, 3.8) is 0 Å². The summed E-state index contributed by atoms with van der Waals surface area (Å²) in [6, 6.07) is 63.2. The maximum Gasteiger partial charge on any atom is 0.519 e. The zero-order valence-corrected chi connectivity index (χ0v) is 53.6. The Bertz CT molecular complexity index is 3540. The number of rotatable bonds is 24. The maximum absolute atomic E-state index is 13.1. The lowest BCUT2D eigenvalue weighted by Crippen LogP contribution is -2.44. The van der Waals surface area contributed by atoms with Gasteiger partial charge in [-0.15, -0.1) is 0 Å². The van der Waals surface area contributed by atoms with E-state index in [-0.39, 0.29) is 22.3 Å². The zero-order chi connectivity index (χ0) is 61.7. The molecule has 0 aliphatic rings. The van der Waals surface area contributed by atoms with Crippen molar-refractivity contribution < 1.29 is 56.4 Å². The van der Waals surface area contributed by atoms with E-state index in [9.17, 15) is 14.4 Å². The van der Waals surface area contributed by atoms with Crippen LogP contribution in [0.15, 0.2) is 194 Å². The summed E-state index contributed by atoms with van der Waals surface area (Å²) in [6.45, 7) is 22.0. The van der Waals surface area contributed by atoms with Crippen molar-refractivity contribution >= 4 is 35.1 Å². The van der Waals surface area contributed by atoms with Crippen LogP contribution in [0.5, 0.6) is 46.0 Å². The first-order chi connectivity index (χ1) is 40.9. The van der Waals surface area contributed by atoms with E-state index >= 15 is 0 Å². The molecule has 0 saturated heterocycles. The van der Waals surface area contributed by atoms with Crippen molar-refractivity contribution in [2.24, 2.45) is 0 Å². The Kier molecular flexibility index (Phi) is 20.5. The largest absolute Gasteiger partial charge is 0.519 e. The summed E-state index contributed by atoms with van der Waals surface area (Å²) < 4.78 is 51.7. The van der Waals surface area contributed by atoms with Crippen LogP contribution in [-0.2, 0) is 33.2 Å². The smallest absolute Gasteiger partial charge is 0.493 e. The van der Waals surface area contributed by atoms with Crippen molar-refractivity contribution in [3.8, 4) is 46.0 Å². The van der Waals surface area contributed by atoms with E-state index in [0.717, 1.165) is 71.2 Å². The SMILES string of the molecule is COc1cc(CCC[Si](C)(C)O[Si](C)(C)CCCc2ccc(OC(=O)Oc3ccc(C(C)(C)c4ccc(OC(=O)Oc5ccc(C(C)(C)c6ccccc6)cc5)cc4)cc3)c(OC)c2)ccc1OC(=O)Oc1ccc(C(C)(C)c2ccccc2)cc1. The lowest BCUT2D eigenvalue weighted by Gasteiger charge is -2.34. The Morgan fingerprint density at radius 1 is 0.337 bits per heavy atom. The van der Waals surface area contributed by atoms with Gasteiger partial charge in [0.15, 0.2) is 39.6 Å². The van der Waals surface area contributed by atoms with Crippen molar-refractivity contribution in [1.82, 2.24) is 0 Å². The molecule has 86 heavy (non-hydrogen) atoms. The van der Waals surface area contributed by atoms with Gasteiger partial charge in [-0.3, -0.25) is 0 Å². The molecule has 8 rings (SSSR count). The van der Waals surface area contributed by atoms with Crippen LogP contribution in [0.4, 0.5) is 14.4 Å². The molecule has 0 radical (unpaired) electrons. The molecule has 14 heteroatoms. The molecule has 0 unspecified atom stereocenters. The van der Waals surface area contributed by atoms with Crippen LogP contribution in [0.2, 0.25) is 38.3 Å². The molecule has 448 valence electrons. The van der Waals surface area contributed by atoms with Crippen LogP contribution in [-0.4, -0.2) is 49.3 Å². The van der Waals surface area contributed by atoms with Crippen LogP contribution < -0.4 is 37.9 Å². The van der Waals surface area contributed by atoms with Crippen molar-refractivity contribution in [2.75, 3.05) is 14.2 Å². The van der Waals surface area contributed by atoms with Crippen LogP contribution in [0.1, 0.15) is 98.9 Å². The third-order valence-electron chi connectivity index (χ3n) is 16.0. The van der Waals surface area contributed by atoms with Gasteiger partial charge < -0.3 is 42.0 Å². The number of aryl methyl sites for hydroxylation is 2. The van der Waals surface area contributed by atoms with Gasteiger partial charge in [0.25, 0.3) is 0 Å². The summed E-state index contributed by atoms with van der Waals surface area (Å²) in [7, 11) is -0.928. The Morgan fingerprint density at radius 3 is 0.884 bits per heavy atom. The summed E-state index contributed by atoms with van der Waals surface area (Å²) in [4.78, 5) is 38.7. The van der Waals surface area contributed by atoms with E-state index in [1.54, 1.807) is 74.9 Å². The molecule has 8 aromatic carbocycles. The quantitative estimate of drug-likeness (QED) is 0.0324. The van der Waals surface area contributed by atoms with E-state index in [4.69, 9.17) is 42.0 Å². The number of carbonyl (C=O) groups excluding carboxylic acids is 3. The third kappa shape index (κ3) is 16.9. The van der Waals surface area contributed by atoms with Crippen molar-refractivity contribution in [1.29, 1.82) is 0 Å². The molecule has 0 atom stereocenters. The highest BCUT2D eigenvalue weighted by Crippen LogP contribution is 2.38. The molecule has 0 spiro atoms. The molecular formula is C72H80O12Si2. The lowest BCUT2D eigenvalue weighted by atomic mass is 9.78. The zero-order valence-electron chi connectivity index (χ0n) is 51.6. The van der Waals surface area contributed by atoms with Gasteiger partial charge >= 0.3 is 18.5 Å². The first-order valence-corrected chi connectivity index (χ1v) is 35.4. The van der Waals surface area contributed by atoms with Gasteiger partial charge in [0.2, 0.25) is 0 Å². The van der Waals surface area contributed by atoms with Crippen molar-refractivity contribution in [2.45, 2.75) is 122 Å². The predicted octanol–water partition coefficient (Wildman–Crippen LogP) is 18.4. The summed E-state index contributed by atoms with van der Waals surface area (Å²) in [5, 5.41) is 0. The van der Waals surface area contributed by atoms with Crippen LogP contribution >= 0.6 is 0 Å². The molecule has 0 heterocycles. The average Bonchev–Trinajstić information content (AvgIpc) is 1.49. The number of benzene rings is 8. The second-order valence-corrected chi connectivity index (χ2v) is 33.2. The fourth-order valence-corrected chi connectivity index (χ4v) is 19.6. The second kappa shape index (κ2) is 27.7. The summed E-state index contributed by atoms with van der Waals surface area (Å²) in [5.74, 6) is 2.89. The van der Waals surface area contributed by atoms with Crippen LogP contribution in [0.25, 0.3) is 0 Å². The minimum absolute atomic E-state index is 0.217. The number of carbonyl (C=O) groups is 3. The summed E-state index contributed by atoms with van der Waals surface area (Å²) in [5.41, 5.74) is 7.78. The molecule has 0 aliphatic heterocycles. The van der Waals surface area contributed by atoms with E-state index in [2.05, 4.69) is 92.0 Å².